The van der Waals surface area contributed by atoms with Gasteiger partial charge in [-0.25, -0.2) is 0 Å². The fourth-order valence-electron chi connectivity index (χ4n) is 8.98. The molecule has 269 valence electrons. The van der Waals surface area contributed by atoms with E-state index in [0.29, 0.717) is 29.6 Å². The summed E-state index contributed by atoms with van der Waals surface area (Å²) >= 11 is 0. The topological polar surface area (TPSA) is 59.4 Å². The molecule has 4 nitrogen and oxygen atoms in total. The molecule has 0 fully saturated rings. The molecular weight excluding hydrogens is 795 g/mol. The van der Waals surface area contributed by atoms with Crippen molar-refractivity contribution in [3.05, 3.63) is 106 Å². The number of ether oxygens (including phenoxy) is 1. The molecule has 0 saturated heterocycles. The maximum atomic E-state index is 12.3. The van der Waals surface area contributed by atoms with Gasteiger partial charge in [-0.1, -0.05) is 111 Å². The zero-order chi connectivity index (χ0) is 35.9. The van der Waals surface area contributed by atoms with Gasteiger partial charge in [-0.2, -0.15) is 0 Å². The number of ketones is 1. The number of carbonyl (C=O) groups is 1. The zero-order valence-electron chi connectivity index (χ0n) is 32.0. The van der Waals surface area contributed by atoms with Crippen LogP contribution < -0.4 is 4.74 Å². The van der Waals surface area contributed by atoms with E-state index >= 15 is 0 Å². The molecule has 1 N–H and O–H groups in total. The second-order valence-electron chi connectivity index (χ2n) is 16.3. The standard InChI is InChI=1S/C28H24NO.C17H32O2.Ir/c1-16-14-17(2)18-12-13-22(29-23(18)15-16)19-9-7-10-21-25(19)28(3,4)26-20-8-5-6-11-24(20)30-27(21)26;1-10(2)16(11(3)4)14(18)9-15(19)17(12(5)6)13(7)8;/h5-8,10-15,26-27H,1-4H3;9-13,16-18H,1-8H3;/q-1;;/b;14-9-;. The summed E-state index contributed by atoms with van der Waals surface area (Å²) in [5.41, 5.74) is 9.50. The molecule has 50 heavy (non-hydrogen) atoms. The first kappa shape index (κ1) is 39.5. The summed E-state index contributed by atoms with van der Waals surface area (Å²) in [5, 5.41) is 11.5. The Balaban J connectivity index is 0.000000247. The van der Waals surface area contributed by atoms with Crippen molar-refractivity contribution in [3.63, 3.8) is 0 Å². The molecule has 2 heterocycles. The van der Waals surface area contributed by atoms with Crippen LogP contribution in [-0.4, -0.2) is 15.9 Å². The molecule has 0 saturated carbocycles. The van der Waals surface area contributed by atoms with E-state index in [4.69, 9.17) is 9.72 Å². The normalized spacial score (nSPS) is 17.5. The molecule has 3 aromatic carbocycles. The van der Waals surface area contributed by atoms with Gasteiger partial charge in [0.2, 0.25) is 0 Å². The summed E-state index contributed by atoms with van der Waals surface area (Å²) in [6.45, 7) is 25.6. The molecule has 1 aliphatic heterocycles. The summed E-state index contributed by atoms with van der Waals surface area (Å²) in [6, 6.07) is 25.0. The number of hydrogen-bond donors (Lipinski definition) is 1. The van der Waals surface area contributed by atoms with Gasteiger partial charge in [-0.05, 0) is 71.9 Å². The molecule has 2 atom stereocenters. The van der Waals surface area contributed by atoms with E-state index in [1.54, 1.807) is 0 Å². The van der Waals surface area contributed by atoms with Crippen molar-refractivity contribution in [2.24, 2.45) is 35.5 Å². The summed E-state index contributed by atoms with van der Waals surface area (Å²) in [5.74, 6) is 2.96. The van der Waals surface area contributed by atoms with E-state index in [1.807, 2.05) is 6.07 Å². The molecule has 2 unspecified atom stereocenters. The molecular formula is C45H56IrNO3-. The molecule has 0 spiro atoms. The van der Waals surface area contributed by atoms with Gasteiger partial charge in [0.1, 0.15) is 11.9 Å². The maximum absolute atomic E-state index is 12.3. The number of fused-ring (bicyclic) bond motifs is 6. The van der Waals surface area contributed by atoms with E-state index in [1.165, 1.54) is 39.3 Å². The van der Waals surface area contributed by atoms with Crippen LogP contribution in [0.25, 0.3) is 22.2 Å². The van der Waals surface area contributed by atoms with Crippen molar-refractivity contribution in [3.8, 4) is 17.0 Å². The van der Waals surface area contributed by atoms with Crippen molar-refractivity contribution in [2.75, 3.05) is 0 Å². The van der Waals surface area contributed by atoms with Gasteiger partial charge < -0.3 is 9.84 Å². The Morgan fingerprint density at radius 1 is 0.860 bits per heavy atom. The Labute approximate surface area is 314 Å². The average molecular weight is 851 g/mol. The average Bonchev–Trinajstić information content (AvgIpc) is 3.50. The molecule has 0 amide bonds. The van der Waals surface area contributed by atoms with Crippen LogP contribution in [0.15, 0.2) is 72.5 Å². The third-order valence-corrected chi connectivity index (χ3v) is 10.8. The Morgan fingerprint density at radius 3 is 2.10 bits per heavy atom. The quantitative estimate of drug-likeness (QED) is 0.109. The predicted octanol–water partition coefficient (Wildman–Crippen LogP) is 11.7. The third-order valence-electron chi connectivity index (χ3n) is 10.8. The first-order chi connectivity index (χ1) is 23.0. The molecule has 1 aliphatic carbocycles. The van der Waals surface area contributed by atoms with E-state index in [9.17, 15) is 9.90 Å². The molecule has 0 bridgehead atoms. The number of aliphatic hydroxyl groups is 1. The summed E-state index contributed by atoms with van der Waals surface area (Å²) in [7, 11) is 0. The van der Waals surface area contributed by atoms with E-state index < -0.39 is 0 Å². The molecule has 5 heteroatoms. The fraction of sp³-hybridized carbons (Fsp3) is 0.467. The number of rotatable bonds is 8. The van der Waals surface area contributed by atoms with Gasteiger partial charge in [0.05, 0.1) is 11.3 Å². The van der Waals surface area contributed by atoms with Crippen molar-refractivity contribution in [2.45, 2.75) is 101 Å². The summed E-state index contributed by atoms with van der Waals surface area (Å²) < 4.78 is 6.45. The summed E-state index contributed by atoms with van der Waals surface area (Å²) in [6.07, 6.45) is 1.54. The Bertz CT molecular complexity index is 1850. The number of aromatic nitrogens is 1. The van der Waals surface area contributed by atoms with Crippen molar-refractivity contribution < 1.29 is 34.7 Å². The van der Waals surface area contributed by atoms with Gasteiger partial charge in [0, 0.05) is 54.9 Å². The van der Waals surface area contributed by atoms with Crippen LogP contribution in [0, 0.1) is 55.4 Å². The van der Waals surface area contributed by atoms with Gasteiger partial charge in [-0.3, -0.25) is 9.78 Å². The fourth-order valence-corrected chi connectivity index (χ4v) is 8.98. The van der Waals surface area contributed by atoms with Crippen LogP contribution in [0.2, 0.25) is 0 Å². The smallest absolute Gasteiger partial charge is 0.162 e. The number of aliphatic hydroxyl groups excluding tert-OH is 1. The Morgan fingerprint density at radius 2 is 1.48 bits per heavy atom. The van der Waals surface area contributed by atoms with Crippen LogP contribution in [0.5, 0.6) is 5.75 Å². The molecule has 2 aliphatic rings. The molecule has 1 radical (unpaired) electrons. The minimum Gasteiger partial charge on any atom is -0.512 e. The van der Waals surface area contributed by atoms with Crippen molar-refractivity contribution in [1.82, 2.24) is 4.98 Å². The number of benzene rings is 3. The second-order valence-corrected chi connectivity index (χ2v) is 16.3. The third kappa shape index (κ3) is 7.51. The zero-order valence-corrected chi connectivity index (χ0v) is 34.4. The molecule has 1 aromatic heterocycles. The number of allylic oxidation sites excluding steroid dienone is 2. The first-order valence-corrected chi connectivity index (χ1v) is 18.2. The van der Waals surface area contributed by atoms with Gasteiger partial charge in [0.15, 0.2) is 5.78 Å². The van der Waals surface area contributed by atoms with Crippen LogP contribution in [0.1, 0.15) is 109 Å². The number of para-hydroxylation sites is 1. The summed E-state index contributed by atoms with van der Waals surface area (Å²) in [4.78, 5) is 17.4. The Kier molecular flexibility index (Phi) is 12.3. The molecule has 6 rings (SSSR count). The minimum absolute atomic E-state index is 0. The van der Waals surface area contributed by atoms with Crippen LogP contribution in [0.3, 0.4) is 0 Å². The van der Waals surface area contributed by atoms with E-state index in [2.05, 4.69) is 144 Å². The number of aryl methyl sites for hydroxylation is 2. The van der Waals surface area contributed by atoms with Crippen LogP contribution in [0.4, 0.5) is 0 Å². The van der Waals surface area contributed by atoms with Crippen molar-refractivity contribution in [1.29, 1.82) is 0 Å². The number of carbonyl (C=O) groups excluding carboxylic acids is 1. The molecule has 4 aromatic rings. The van der Waals surface area contributed by atoms with E-state index in [-0.39, 0.29) is 55.0 Å². The van der Waals surface area contributed by atoms with Gasteiger partial charge in [0.25, 0.3) is 0 Å². The monoisotopic (exact) mass is 851 g/mol. The van der Waals surface area contributed by atoms with Crippen LogP contribution in [-0.2, 0) is 30.3 Å². The first-order valence-electron chi connectivity index (χ1n) is 18.2. The number of pyridine rings is 1. The SMILES string of the molecule is CC(C)C(C(=O)/C=C(\O)C(C(C)C)C(C)C)C(C)C.Cc1cc(C)c2ccc(-c3[c-]ccc4c3C(C)(C)C3c5ccccc5OC43)nc2c1.[Ir]. The van der Waals surface area contributed by atoms with Crippen LogP contribution >= 0.6 is 0 Å². The van der Waals surface area contributed by atoms with Crippen molar-refractivity contribution >= 4 is 16.7 Å². The number of hydrogen-bond acceptors (Lipinski definition) is 4. The largest absolute Gasteiger partial charge is 0.512 e. The second kappa shape index (κ2) is 15.5. The van der Waals surface area contributed by atoms with Gasteiger partial charge in [-0.15, -0.1) is 29.3 Å². The van der Waals surface area contributed by atoms with E-state index in [0.717, 1.165) is 22.5 Å². The predicted molar refractivity (Wildman–Crippen MR) is 203 cm³/mol. The number of nitrogens with zero attached hydrogens (tertiary/aromatic N) is 1. The minimum atomic E-state index is -0.0706. The Hall–Kier alpha value is -3.27. The van der Waals surface area contributed by atoms with Gasteiger partial charge >= 0.3 is 0 Å². The maximum Gasteiger partial charge on any atom is 0.162 e.